The van der Waals surface area contributed by atoms with Gasteiger partial charge in [0.15, 0.2) is 0 Å². The van der Waals surface area contributed by atoms with Gasteiger partial charge < -0.3 is 0 Å². The van der Waals surface area contributed by atoms with Crippen LogP contribution in [-0.4, -0.2) is 19.3 Å². The predicted octanol–water partition coefficient (Wildman–Crippen LogP) is 4.17. The predicted molar refractivity (Wildman–Crippen MR) is 93.4 cm³/mol. The van der Waals surface area contributed by atoms with Gasteiger partial charge in [0.2, 0.25) is 0 Å². The van der Waals surface area contributed by atoms with E-state index in [0.717, 1.165) is 19.5 Å². The zero-order valence-corrected chi connectivity index (χ0v) is 14.6. The van der Waals surface area contributed by atoms with Crippen LogP contribution in [0, 0.1) is 5.92 Å². The molecule has 3 heteroatoms. The van der Waals surface area contributed by atoms with Crippen LogP contribution in [0.15, 0.2) is 29.3 Å². The second-order valence-corrected chi connectivity index (χ2v) is 6.83. The van der Waals surface area contributed by atoms with E-state index in [4.69, 9.17) is 0 Å². The molecule has 0 aliphatic rings. The Balaban J connectivity index is 2.51. The second kappa shape index (κ2) is 8.00. The summed E-state index contributed by atoms with van der Waals surface area (Å²) in [6, 6.07) is 8.99. The molecule has 0 spiro atoms. The molecule has 1 N–H and O–H groups in total. The molecule has 0 aromatic heterocycles. The lowest BCUT2D eigenvalue weighted by atomic mass is 9.86. The minimum atomic E-state index is 0.234. The van der Waals surface area contributed by atoms with Gasteiger partial charge in [-0.2, -0.15) is 0 Å². The van der Waals surface area contributed by atoms with E-state index < -0.39 is 0 Å². The Morgan fingerprint density at radius 3 is 2.42 bits per heavy atom. The van der Waals surface area contributed by atoms with Crippen LogP contribution in [0.4, 0.5) is 0 Å². The van der Waals surface area contributed by atoms with Crippen LogP contribution in [0.25, 0.3) is 0 Å². The van der Waals surface area contributed by atoms with Gasteiger partial charge in [0.05, 0.1) is 6.54 Å². The van der Waals surface area contributed by atoms with Crippen molar-refractivity contribution in [2.24, 2.45) is 10.9 Å². The van der Waals surface area contributed by atoms with E-state index in [1.54, 1.807) is 0 Å². The number of halogens is 1. The molecule has 1 aromatic rings. The molecular weight excluding hydrogens is 347 g/mol. The summed E-state index contributed by atoms with van der Waals surface area (Å²) in [7, 11) is 0. The SMILES string of the molecule is CC(/C=N/CCNI)Cc1ccc(C(C)(C)C)cc1. The van der Waals surface area contributed by atoms with Crippen LogP contribution >= 0.6 is 22.9 Å². The van der Waals surface area contributed by atoms with Crippen molar-refractivity contribution < 1.29 is 0 Å². The molecule has 19 heavy (non-hydrogen) atoms. The summed E-state index contributed by atoms with van der Waals surface area (Å²) in [5.74, 6) is 0.495. The maximum Gasteiger partial charge on any atom is 0.0518 e. The van der Waals surface area contributed by atoms with Crippen LogP contribution in [0.3, 0.4) is 0 Å². The molecule has 0 bridgehead atoms. The van der Waals surface area contributed by atoms with Gasteiger partial charge in [-0.05, 0) is 28.9 Å². The molecule has 2 nitrogen and oxygen atoms in total. The van der Waals surface area contributed by atoms with Crippen LogP contribution in [0.5, 0.6) is 0 Å². The molecule has 1 unspecified atom stereocenters. The maximum absolute atomic E-state index is 4.42. The number of hydrogen-bond acceptors (Lipinski definition) is 2. The average molecular weight is 372 g/mol. The van der Waals surface area contributed by atoms with Gasteiger partial charge in [-0.3, -0.25) is 8.52 Å². The average Bonchev–Trinajstić information content (AvgIpc) is 2.34. The van der Waals surface area contributed by atoms with Gasteiger partial charge in [-0.15, -0.1) is 0 Å². The molecule has 0 radical (unpaired) electrons. The van der Waals surface area contributed by atoms with E-state index in [-0.39, 0.29) is 5.41 Å². The molecule has 0 saturated carbocycles. The Morgan fingerprint density at radius 2 is 1.89 bits per heavy atom. The van der Waals surface area contributed by atoms with E-state index >= 15 is 0 Å². The van der Waals surface area contributed by atoms with Gasteiger partial charge in [-0.25, -0.2) is 0 Å². The molecule has 0 fully saturated rings. The summed E-state index contributed by atoms with van der Waals surface area (Å²) in [4.78, 5) is 4.42. The number of nitrogens with zero attached hydrogens (tertiary/aromatic N) is 1. The molecule has 0 heterocycles. The summed E-state index contributed by atoms with van der Waals surface area (Å²) >= 11 is 2.15. The van der Waals surface area contributed by atoms with E-state index in [9.17, 15) is 0 Å². The van der Waals surface area contributed by atoms with Crippen molar-refractivity contribution in [1.82, 2.24) is 3.53 Å². The topological polar surface area (TPSA) is 24.4 Å². The fourth-order valence-electron chi connectivity index (χ4n) is 1.93. The minimum Gasteiger partial charge on any atom is -0.296 e. The lowest BCUT2D eigenvalue weighted by Crippen LogP contribution is -2.11. The van der Waals surface area contributed by atoms with Gasteiger partial charge in [0, 0.05) is 35.6 Å². The van der Waals surface area contributed by atoms with E-state index in [1.807, 2.05) is 0 Å². The molecule has 1 atom stereocenters. The number of aliphatic imine (C=N–C) groups is 1. The van der Waals surface area contributed by atoms with E-state index in [0.29, 0.717) is 5.92 Å². The highest BCUT2D eigenvalue weighted by molar-refractivity contribution is 14.1. The summed E-state index contributed by atoms with van der Waals surface area (Å²) in [5.41, 5.74) is 3.02. The summed E-state index contributed by atoms with van der Waals surface area (Å²) in [6.07, 6.45) is 3.14. The molecule has 0 aliphatic heterocycles. The van der Waals surface area contributed by atoms with Crippen molar-refractivity contribution in [3.63, 3.8) is 0 Å². The summed E-state index contributed by atoms with van der Waals surface area (Å²) in [6.45, 7) is 10.8. The molecule has 1 aromatic carbocycles. The van der Waals surface area contributed by atoms with Crippen molar-refractivity contribution in [1.29, 1.82) is 0 Å². The first-order chi connectivity index (χ1) is 8.93. The third kappa shape index (κ3) is 6.52. The Kier molecular flexibility index (Phi) is 7.00. The smallest absolute Gasteiger partial charge is 0.0518 e. The normalized spacial score (nSPS) is 13.9. The lowest BCUT2D eigenvalue weighted by Gasteiger charge is -2.19. The first kappa shape index (κ1) is 16.6. The number of hydrogen-bond donors (Lipinski definition) is 1. The van der Waals surface area contributed by atoms with Crippen LogP contribution < -0.4 is 3.53 Å². The Morgan fingerprint density at radius 1 is 1.26 bits per heavy atom. The van der Waals surface area contributed by atoms with Gasteiger partial charge in [0.1, 0.15) is 0 Å². The van der Waals surface area contributed by atoms with Crippen LogP contribution in [0.2, 0.25) is 0 Å². The highest BCUT2D eigenvalue weighted by atomic mass is 127. The lowest BCUT2D eigenvalue weighted by molar-refractivity contribution is 0.589. The monoisotopic (exact) mass is 372 g/mol. The molecule has 0 saturated heterocycles. The highest BCUT2D eigenvalue weighted by Crippen LogP contribution is 2.22. The van der Waals surface area contributed by atoms with Crippen molar-refractivity contribution in [3.8, 4) is 0 Å². The molecule has 0 amide bonds. The van der Waals surface area contributed by atoms with E-state index in [1.165, 1.54) is 11.1 Å². The van der Waals surface area contributed by atoms with Crippen molar-refractivity contribution in [3.05, 3.63) is 35.4 Å². The zero-order chi connectivity index (χ0) is 14.3. The Hall–Kier alpha value is -0.420. The van der Waals surface area contributed by atoms with E-state index in [2.05, 4.69) is 89.6 Å². The summed E-state index contributed by atoms with van der Waals surface area (Å²) < 4.78 is 3.07. The Labute approximate surface area is 131 Å². The number of rotatable bonds is 6. The van der Waals surface area contributed by atoms with Gasteiger partial charge in [0.25, 0.3) is 0 Å². The highest BCUT2D eigenvalue weighted by Gasteiger charge is 2.12. The Bertz CT molecular complexity index is 390. The van der Waals surface area contributed by atoms with Crippen LogP contribution in [-0.2, 0) is 11.8 Å². The third-order valence-electron chi connectivity index (χ3n) is 3.07. The van der Waals surface area contributed by atoms with Crippen LogP contribution in [0.1, 0.15) is 38.8 Å². The fraction of sp³-hybridized carbons (Fsp3) is 0.562. The van der Waals surface area contributed by atoms with Crippen molar-refractivity contribution >= 4 is 29.1 Å². The zero-order valence-electron chi connectivity index (χ0n) is 12.4. The summed E-state index contributed by atoms with van der Waals surface area (Å²) in [5, 5.41) is 0. The molecular formula is C16H25IN2. The minimum absolute atomic E-state index is 0.234. The first-order valence-corrected chi connectivity index (χ1v) is 7.94. The quantitative estimate of drug-likeness (QED) is 0.345. The van der Waals surface area contributed by atoms with Gasteiger partial charge >= 0.3 is 0 Å². The number of benzene rings is 1. The largest absolute Gasteiger partial charge is 0.296 e. The second-order valence-electron chi connectivity index (χ2n) is 6.07. The molecule has 0 aliphatic carbocycles. The molecule has 1 rings (SSSR count). The van der Waals surface area contributed by atoms with Crippen molar-refractivity contribution in [2.45, 2.75) is 39.5 Å². The third-order valence-corrected chi connectivity index (χ3v) is 3.61. The fourth-order valence-corrected chi connectivity index (χ4v) is 2.17. The van der Waals surface area contributed by atoms with Crippen molar-refractivity contribution in [2.75, 3.05) is 13.1 Å². The standard InChI is InChI=1S/C16H25IN2/c1-13(12-18-9-10-19-17)11-14-5-7-15(8-6-14)16(2,3)4/h5-8,12-13,19H,9-11H2,1-4H3/b18-12+. The first-order valence-electron chi connectivity index (χ1n) is 6.86. The number of nitrogens with one attached hydrogen (secondary N) is 1. The molecule has 106 valence electrons. The maximum atomic E-state index is 4.42. The van der Waals surface area contributed by atoms with Gasteiger partial charge in [-0.1, -0.05) is 52.0 Å².